The second-order valence-corrected chi connectivity index (χ2v) is 4.94. The predicted molar refractivity (Wildman–Crippen MR) is 78.5 cm³/mol. The number of alkyl halides is 2. The van der Waals surface area contributed by atoms with Crippen molar-refractivity contribution < 1.29 is 23.0 Å². The lowest BCUT2D eigenvalue weighted by Gasteiger charge is -2.21. The number of halogens is 3. The van der Waals surface area contributed by atoms with E-state index in [4.69, 9.17) is 5.11 Å². The van der Waals surface area contributed by atoms with Crippen molar-refractivity contribution in [3.63, 3.8) is 0 Å². The van der Waals surface area contributed by atoms with Crippen LogP contribution in [0.1, 0.15) is 11.1 Å². The van der Waals surface area contributed by atoms with Crippen LogP contribution in [-0.2, 0) is 13.1 Å². The molecule has 0 bridgehead atoms. The molecule has 0 aliphatic rings. The topological polar surface area (TPSA) is 45.6 Å². The van der Waals surface area contributed by atoms with Crippen LogP contribution in [0.25, 0.3) is 0 Å². The van der Waals surface area contributed by atoms with Gasteiger partial charge in [0.25, 0.3) is 0 Å². The molecule has 0 amide bonds. The van der Waals surface area contributed by atoms with Gasteiger partial charge in [0.05, 0.1) is 6.61 Å². The summed E-state index contributed by atoms with van der Waals surface area (Å²) in [4.78, 5) is 5.92. The average Bonchev–Trinajstić information content (AvgIpc) is 2.51. The molecule has 0 unspecified atom stereocenters. The van der Waals surface area contributed by atoms with Gasteiger partial charge >= 0.3 is 6.61 Å². The molecule has 2 aromatic rings. The largest absolute Gasteiger partial charge is 0.432 e. The standard InChI is InChI=1S/C16H17F3N2O2/c17-14-8-12(3-4-15(14)23-16(18)19)10-21(6-7-22)11-13-2-1-5-20-9-13/h1-5,8-9,16,22H,6-7,10-11H2. The van der Waals surface area contributed by atoms with Crippen molar-refractivity contribution in [2.75, 3.05) is 13.2 Å². The molecule has 124 valence electrons. The second-order valence-electron chi connectivity index (χ2n) is 4.94. The Bertz CT molecular complexity index is 612. The van der Waals surface area contributed by atoms with E-state index in [0.29, 0.717) is 25.2 Å². The normalized spacial score (nSPS) is 11.2. The Balaban J connectivity index is 2.06. The molecule has 7 heteroatoms. The summed E-state index contributed by atoms with van der Waals surface area (Å²) >= 11 is 0. The number of benzene rings is 1. The van der Waals surface area contributed by atoms with Crippen molar-refractivity contribution in [3.8, 4) is 5.75 Å². The summed E-state index contributed by atoms with van der Waals surface area (Å²) in [5.74, 6) is -1.32. The van der Waals surface area contributed by atoms with Crippen LogP contribution in [0, 0.1) is 5.82 Å². The molecule has 0 spiro atoms. The van der Waals surface area contributed by atoms with Gasteiger partial charge in [-0.3, -0.25) is 9.88 Å². The van der Waals surface area contributed by atoms with Crippen LogP contribution in [0.2, 0.25) is 0 Å². The van der Waals surface area contributed by atoms with Gasteiger partial charge in [0.1, 0.15) is 0 Å². The fourth-order valence-electron chi connectivity index (χ4n) is 2.20. The van der Waals surface area contributed by atoms with Gasteiger partial charge in [0.15, 0.2) is 11.6 Å². The first-order valence-electron chi connectivity index (χ1n) is 7.04. The van der Waals surface area contributed by atoms with E-state index in [-0.39, 0.29) is 6.61 Å². The molecule has 1 aromatic heterocycles. The third-order valence-electron chi connectivity index (χ3n) is 3.16. The number of hydrogen-bond acceptors (Lipinski definition) is 4. The first kappa shape index (κ1) is 17.2. The molecule has 0 aliphatic carbocycles. The fraction of sp³-hybridized carbons (Fsp3) is 0.312. The lowest BCUT2D eigenvalue weighted by molar-refractivity contribution is -0.0522. The molecular weight excluding hydrogens is 309 g/mol. The van der Waals surface area contributed by atoms with Crippen molar-refractivity contribution in [1.82, 2.24) is 9.88 Å². The Hall–Kier alpha value is -2.12. The predicted octanol–water partition coefficient (Wildman–Crippen LogP) is 2.82. The van der Waals surface area contributed by atoms with E-state index < -0.39 is 18.2 Å². The monoisotopic (exact) mass is 326 g/mol. The van der Waals surface area contributed by atoms with E-state index in [2.05, 4.69) is 9.72 Å². The molecule has 0 saturated carbocycles. The van der Waals surface area contributed by atoms with Gasteiger partial charge in [0.2, 0.25) is 0 Å². The zero-order valence-corrected chi connectivity index (χ0v) is 12.3. The van der Waals surface area contributed by atoms with Gasteiger partial charge in [-0.2, -0.15) is 8.78 Å². The third-order valence-corrected chi connectivity index (χ3v) is 3.16. The molecule has 1 heterocycles. The second kappa shape index (κ2) is 8.50. The number of aromatic nitrogens is 1. The highest BCUT2D eigenvalue weighted by molar-refractivity contribution is 5.29. The highest BCUT2D eigenvalue weighted by Crippen LogP contribution is 2.21. The quantitative estimate of drug-likeness (QED) is 0.810. The summed E-state index contributed by atoms with van der Waals surface area (Å²) in [7, 11) is 0. The number of hydrogen-bond donors (Lipinski definition) is 1. The molecule has 1 aromatic carbocycles. The Kier molecular flexibility index (Phi) is 6.37. The molecule has 1 N–H and O–H groups in total. The van der Waals surface area contributed by atoms with Crippen molar-refractivity contribution in [2.45, 2.75) is 19.7 Å². The van der Waals surface area contributed by atoms with Crippen LogP contribution in [0.5, 0.6) is 5.75 Å². The first-order valence-corrected chi connectivity index (χ1v) is 7.04. The summed E-state index contributed by atoms with van der Waals surface area (Å²) in [5.41, 5.74) is 1.56. The molecular formula is C16H17F3N2O2. The minimum atomic E-state index is -3.06. The maximum atomic E-state index is 13.7. The van der Waals surface area contributed by atoms with E-state index in [1.54, 1.807) is 12.4 Å². The number of aliphatic hydroxyl groups excluding tert-OH is 1. The van der Waals surface area contributed by atoms with E-state index in [9.17, 15) is 13.2 Å². The van der Waals surface area contributed by atoms with E-state index in [0.717, 1.165) is 11.6 Å². The van der Waals surface area contributed by atoms with E-state index in [1.165, 1.54) is 12.1 Å². The summed E-state index contributed by atoms with van der Waals surface area (Å²) in [6.07, 6.45) is 3.38. The summed E-state index contributed by atoms with van der Waals surface area (Å²) in [6.45, 7) is -1.82. The zero-order valence-electron chi connectivity index (χ0n) is 12.3. The minimum Gasteiger partial charge on any atom is -0.432 e. The van der Waals surface area contributed by atoms with Gasteiger partial charge in [-0.15, -0.1) is 0 Å². The fourth-order valence-corrected chi connectivity index (χ4v) is 2.20. The highest BCUT2D eigenvalue weighted by Gasteiger charge is 2.12. The van der Waals surface area contributed by atoms with Crippen molar-refractivity contribution in [2.24, 2.45) is 0 Å². The van der Waals surface area contributed by atoms with Gasteiger partial charge < -0.3 is 9.84 Å². The van der Waals surface area contributed by atoms with Crippen molar-refractivity contribution in [3.05, 3.63) is 59.7 Å². The van der Waals surface area contributed by atoms with Crippen LogP contribution < -0.4 is 4.74 Å². The summed E-state index contributed by atoms with van der Waals surface area (Å²) < 4.78 is 42.1. The summed E-state index contributed by atoms with van der Waals surface area (Å²) in [5, 5.41) is 9.16. The number of nitrogens with zero attached hydrogens (tertiary/aromatic N) is 2. The number of pyridine rings is 1. The van der Waals surface area contributed by atoms with Gasteiger partial charge in [-0.05, 0) is 29.3 Å². The smallest absolute Gasteiger partial charge is 0.387 e. The SMILES string of the molecule is OCCN(Cc1cccnc1)Cc1ccc(OC(F)F)c(F)c1. The maximum absolute atomic E-state index is 13.7. The lowest BCUT2D eigenvalue weighted by Crippen LogP contribution is -2.26. The third kappa shape index (κ3) is 5.54. The Morgan fingerprint density at radius 1 is 1.17 bits per heavy atom. The molecule has 0 atom stereocenters. The van der Waals surface area contributed by atoms with Crippen molar-refractivity contribution in [1.29, 1.82) is 0 Å². The Morgan fingerprint density at radius 3 is 2.57 bits per heavy atom. The molecule has 0 saturated heterocycles. The van der Waals surface area contributed by atoms with Gasteiger partial charge in [-0.25, -0.2) is 4.39 Å². The number of rotatable bonds is 8. The van der Waals surface area contributed by atoms with Crippen LogP contribution in [0.15, 0.2) is 42.7 Å². The molecule has 23 heavy (non-hydrogen) atoms. The van der Waals surface area contributed by atoms with E-state index in [1.807, 2.05) is 17.0 Å². The molecule has 4 nitrogen and oxygen atoms in total. The zero-order chi connectivity index (χ0) is 16.7. The molecule has 2 rings (SSSR count). The first-order chi connectivity index (χ1) is 11.1. The van der Waals surface area contributed by atoms with Crippen molar-refractivity contribution >= 4 is 0 Å². The van der Waals surface area contributed by atoms with Crippen LogP contribution in [0.4, 0.5) is 13.2 Å². The van der Waals surface area contributed by atoms with Crippen LogP contribution >= 0.6 is 0 Å². The Morgan fingerprint density at radius 2 is 1.96 bits per heavy atom. The number of ether oxygens (including phenoxy) is 1. The lowest BCUT2D eigenvalue weighted by atomic mass is 10.1. The number of aliphatic hydroxyl groups is 1. The Labute approximate surface area is 132 Å². The summed E-state index contributed by atoms with van der Waals surface area (Å²) in [6, 6.07) is 7.57. The van der Waals surface area contributed by atoms with Crippen LogP contribution in [0.3, 0.4) is 0 Å². The minimum absolute atomic E-state index is 0.0463. The van der Waals surface area contributed by atoms with E-state index >= 15 is 0 Å². The average molecular weight is 326 g/mol. The van der Waals surface area contributed by atoms with Gasteiger partial charge in [-0.1, -0.05) is 12.1 Å². The molecule has 0 fully saturated rings. The van der Waals surface area contributed by atoms with Gasteiger partial charge in [0, 0.05) is 32.0 Å². The molecule has 0 aliphatic heterocycles. The highest BCUT2D eigenvalue weighted by atomic mass is 19.3. The van der Waals surface area contributed by atoms with Crippen LogP contribution in [-0.4, -0.2) is 34.8 Å². The molecule has 0 radical (unpaired) electrons. The maximum Gasteiger partial charge on any atom is 0.387 e.